The van der Waals surface area contributed by atoms with E-state index in [2.05, 4.69) is 30.4 Å². The summed E-state index contributed by atoms with van der Waals surface area (Å²) in [7, 11) is 0. The molecule has 5 rings (SSSR count). The van der Waals surface area contributed by atoms with Gasteiger partial charge in [-0.2, -0.15) is 4.98 Å². The van der Waals surface area contributed by atoms with Crippen LogP contribution in [-0.4, -0.2) is 55.5 Å². The van der Waals surface area contributed by atoms with Crippen molar-refractivity contribution in [2.24, 2.45) is 0 Å². The van der Waals surface area contributed by atoms with Gasteiger partial charge < -0.3 is 9.80 Å². The SMILES string of the molecule is C=CC(=O)N1C[C@H](C)N(c2nc(=O)n(-c3c(C(C)C)ccnc3C(C)C)c3nc(-c4ccccc4C)c(F)cc23)C[C@H]1C. The molecular formula is C34H39FN6O2. The van der Waals surface area contributed by atoms with Gasteiger partial charge in [0, 0.05) is 36.9 Å². The number of aromatic nitrogens is 4. The number of aryl methyl sites for hydroxylation is 1. The highest BCUT2D eigenvalue weighted by Gasteiger charge is 2.34. The molecule has 0 saturated carbocycles. The van der Waals surface area contributed by atoms with Crippen molar-refractivity contribution in [1.29, 1.82) is 0 Å². The highest BCUT2D eigenvalue weighted by atomic mass is 19.1. The zero-order valence-electron chi connectivity index (χ0n) is 25.9. The second kappa shape index (κ2) is 11.7. The van der Waals surface area contributed by atoms with E-state index in [0.29, 0.717) is 41.2 Å². The lowest BCUT2D eigenvalue weighted by Gasteiger charge is -2.44. The number of nitrogens with zero attached hydrogens (tertiary/aromatic N) is 6. The van der Waals surface area contributed by atoms with Crippen LogP contribution in [0.5, 0.6) is 0 Å². The van der Waals surface area contributed by atoms with Crippen LogP contribution in [0.15, 0.2) is 60.0 Å². The molecule has 1 aromatic carbocycles. The van der Waals surface area contributed by atoms with Crippen molar-refractivity contribution in [1.82, 2.24) is 24.4 Å². The molecule has 0 N–H and O–H groups in total. The standard InChI is InChI=1S/C34H39FN6O2/c1-9-28(42)39-17-23(8)40(18-22(39)7)32-26-16-27(35)30(25-13-11-10-12-21(25)6)37-33(26)41(34(43)38-32)31-24(19(2)3)14-15-36-29(31)20(4)5/h9-16,19-20,22-23H,1,17-18H2,2-8H3/t22-,23+/m1/s1. The highest BCUT2D eigenvalue weighted by molar-refractivity contribution is 5.91. The Balaban J connectivity index is 1.86. The molecule has 1 aliphatic heterocycles. The number of anilines is 1. The second-order valence-corrected chi connectivity index (χ2v) is 12.0. The van der Waals surface area contributed by atoms with E-state index in [1.165, 1.54) is 16.7 Å². The van der Waals surface area contributed by atoms with Crippen molar-refractivity contribution >= 4 is 22.8 Å². The number of carbonyl (C=O) groups is 1. The summed E-state index contributed by atoms with van der Waals surface area (Å²) >= 11 is 0. The van der Waals surface area contributed by atoms with Gasteiger partial charge in [0.2, 0.25) is 5.91 Å². The van der Waals surface area contributed by atoms with Crippen molar-refractivity contribution < 1.29 is 9.18 Å². The molecular weight excluding hydrogens is 543 g/mol. The molecule has 0 unspecified atom stereocenters. The lowest BCUT2D eigenvalue weighted by molar-refractivity contribution is -0.128. The molecule has 0 aliphatic carbocycles. The van der Waals surface area contributed by atoms with E-state index < -0.39 is 11.5 Å². The molecule has 8 nitrogen and oxygen atoms in total. The fourth-order valence-electron chi connectivity index (χ4n) is 6.02. The van der Waals surface area contributed by atoms with Crippen molar-refractivity contribution in [2.45, 2.75) is 72.4 Å². The zero-order valence-corrected chi connectivity index (χ0v) is 25.9. The van der Waals surface area contributed by atoms with E-state index in [0.717, 1.165) is 16.8 Å². The number of carbonyl (C=O) groups excluding carboxylic acids is 1. The van der Waals surface area contributed by atoms with E-state index in [1.54, 1.807) is 11.1 Å². The number of benzene rings is 1. The predicted molar refractivity (Wildman–Crippen MR) is 169 cm³/mol. The summed E-state index contributed by atoms with van der Waals surface area (Å²) in [5, 5.41) is 0.422. The molecule has 1 fully saturated rings. The van der Waals surface area contributed by atoms with Gasteiger partial charge in [0.25, 0.3) is 0 Å². The summed E-state index contributed by atoms with van der Waals surface area (Å²) < 4.78 is 17.6. The number of piperazine rings is 1. The van der Waals surface area contributed by atoms with Crippen LogP contribution < -0.4 is 10.6 Å². The Hall–Kier alpha value is -4.40. The fraction of sp³-hybridized carbons (Fsp3) is 0.382. The van der Waals surface area contributed by atoms with Crippen LogP contribution in [-0.2, 0) is 4.79 Å². The maximum absolute atomic E-state index is 16.1. The first-order valence-corrected chi connectivity index (χ1v) is 14.8. The van der Waals surface area contributed by atoms with Crippen LogP contribution in [0.1, 0.15) is 70.2 Å². The Morgan fingerprint density at radius 3 is 2.42 bits per heavy atom. The number of halogens is 1. The van der Waals surface area contributed by atoms with Crippen molar-refractivity contribution in [3.63, 3.8) is 0 Å². The van der Waals surface area contributed by atoms with Gasteiger partial charge in [-0.25, -0.2) is 18.7 Å². The molecule has 2 atom stereocenters. The molecule has 1 saturated heterocycles. The van der Waals surface area contributed by atoms with Gasteiger partial charge in [-0.05, 0) is 61.9 Å². The van der Waals surface area contributed by atoms with Crippen molar-refractivity contribution in [3.8, 4) is 16.9 Å². The molecule has 3 aromatic heterocycles. The number of rotatable bonds is 6. The molecule has 4 aromatic rings. The minimum Gasteiger partial charge on any atom is -0.349 e. The van der Waals surface area contributed by atoms with E-state index >= 15 is 4.39 Å². The molecule has 0 radical (unpaired) electrons. The van der Waals surface area contributed by atoms with Gasteiger partial charge in [0.05, 0.1) is 16.8 Å². The molecule has 43 heavy (non-hydrogen) atoms. The summed E-state index contributed by atoms with van der Waals surface area (Å²) in [4.78, 5) is 44.7. The van der Waals surface area contributed by atoms with Crippen LogP contribution in [0.25, 0.3) is 28.0 Å². The first-order valence-electron chi connectivity index (χ1n) is 14.8. The van der Waals surface area contributed by atoms with Gasteiger partial charge in [0.15, 0.2) is 5.65 Å². The van der Waals surface area contributed by atoms with Crippen molar-refractivity contribution in [2.75, 3.05) is 18.0 Å². The topological polar surface area (TPSA) is 84.2 Å². The molecule has 0 spiro atoms. The minimum absolute atomic E-state index is 0.00274. The van der Waals surface area contributed by atoms with E-state index in [9.17, 15) is 9.59 Å². The van der Waals surface area contributed by atoms with Crippen LogP contribution in [0, 0.1) is 12.7 Å². The number of fused-ring (bicyclic) bond motifs is 1. The van der Waals surface area contributed by atoms with E-state index in [-0.39, 0.29) is 35.5 Å². The van der Waals surface area contributed by atoms with Crippen LogP contribution in [0.3, 0.4) is 0 Å². The Morgan fingerprint density at radius 2 is 1.77 bits per heavy atom. The van der Waals surface area contributed by atoms with Gasteiger partial charge in [-0.3, -0.25) is 9.78 Å². The average molecular weight is 583 g/mol. The average Bonchev–Trinajstić information content (AvgIpc) is 2.97. The quantitative estimate of drug-likeness (QED) is 0.254. The fourth-order valence-corrected chi connectivity index (χ4v) is 6.02. The monoisotopic (exact) mass is 582 g/mol. The Kier molecular flexibility index (Phi) is 8.18. The summed E-state index contributed by atoms with van der Waals surface area (Å²) in [6.45, 7) is 18.5. The first-order chi connectivity index (χ1) is 20.4. The van der Waals surface area contributed by atoms with Crippen LogP contribution in [0.2, 0.25) is 0 Å². The number of hydrogen-bond donors (Lipinski definition) is 0. The molecule has 1 aliphatic rings. The Morgan fingerprint density at radius 1 is 1.05 bits per heavy atom. The molecule has 9 heteroatoms. The van der Waals surface area contributed by atoms with Gasteiger partial charge in [-0.15, -0.1) is 0 Å². The Bertz CT molecular complexity index is 1750. The number of hydrogen-bond acceptors (Lipinski definition) is 6. The van der Waals surface area contributed by atoms with Gasteiger partial charge >= 0.3 is 5.69 Å². The van der Waals surface area contributed by atoms with Crippen LogP contribution >= 0.6 is 0 Å². The van der Waals surface area contributed by atoms with Crippen LogP contribution in [0.4, 0.5) is 10.2 Å². The highest BCUT2D eigenvalue weighted by Crippen LogP contribution is 2.35. The summed E-state index contributed by atoms with van der Waals surface area (Å²) in [6, 6.07) is 10.5. The third kappa shape index (κ3) is 5.32. The number of pyridine rings is 2. The normalized spacial score (nSPS) is 17.3. The van der Waals surface area contributed by atoms with Crippen molar-refractivity contribution in [3.05, 3.63) is 88.4 Å². The maximum Gasteiger partial charge on any atom is 0.355 e. The Labute approximate surface area is 251 Å². The molecule has 0 bridgehead atoms. The first kappa shape index (κ1) is 30.1. The lowest BCUT2D eigenvalue weighted by atomic mass is 9.97. The van der Waals surface area contributed by atoms with Gasteiger partial charge in [0.1, 0.15) is 17.3 Å². The summed E-state index contributed by atoms with van der Waals surface area (Å²) in [5.74, 6) is -0.227. The number of amides is 1. The van der Waals surface area contributed by atoms with Gasteiger partial charge in [-0.1, -0.05) is 58.5 Å². The van der Waals surface area contributed by atoms with E-state index in [1.807, 2.05) is 69.9 Å². The largest absolute Gasteiger partial charge is 0.355 e. The summed E-state index contributed by atoms with van der Waals surface area (Å²) in [5.41, 5.74) is 3.80. The predicted octanol–water partition coefficient (Wildman–Crippen LogP) is 6.15. The zero-order chi connectivity index (χ0) is 31.2. The third-order valence-corrected chi connectivity index (χ3v) is 8.29. The maximum atomic E-state index is 16.1. The lowest BCUT2D eigenvalue weighted by Crippen LogP contribution is -2.58. The second-order valence-electron chi connectivity index (χ2n) is 12.0. The van der Waals surface area contributed by atoms with E-state index in [4.69, 9.17) is 4.98 Å². The minimum atomic E-state index is -0.515. The third-order valence-electron chi connectivity index (χ3n) is 8.29. The molecule has 4 heterocycles. The summed E-state index contributed by atoms with van der Waals surface area (Å²) in [6.07, 6.45) is 3.08. The molecule has 224 valence electrons. The molecule has 1 amide bonds. The smallest absolute Gasteiger partial charge is 0.349 e.